The summed E-state index contributed by atoms with van der Waals surface area (Å²) in [7, 11) is 0. The van der Waals surface area contributed by atoms with Crippen LogP contribution in [0, 0.1) is 17.2 Å². The molecule has 2 aliphatic heterocycles. The maximum atomic E-state index is 9.47. The number of aromatic nitrogens is 2. The van der Waals surface area contributed by atoms with Gasteiger partial charge in [-0.2, -0.15) is 5.26 Å². The van der Waals surface area contributed by atoms with Crippen LogP contribution in [0.3, 0.4) is 0 Å². The first-order valence-electron chi connectivity index (χ1n) is 11.9. The van der Waals surface area contributed by atoms with E-state index in [2.05, 4.69) is 62.7 Å². The van der Waals surface area contributed by atoms with Crippen LogP contribution >= 0.6 is 0 Å². The van der Waals surface area contributed by atoms with Gasteiger partial charge in [-0.3, -0.25) is 9.97 Å². The molecule has 0 bridgehead atoms. The monoisotopic (exact) mass is 441 g/mol. The zero-order valence-electron chi connectivity index (χ0n) is 19.2. The number of anilines is 2. The van der Waals surface area contributed by atoms with Gasteiger partial charge in [-0.15, -0.1) is 0 Å². The lowest BCUT2D eigenvalue weighted by Crippen LogP contribution is -2.48. The molecule has 1 aromatic carbocycles. The Kier molecular flexibility index (Phi) is 6.38. The average Bonchev–Trinajstić information content (AvgIpc) is 2.87. The molecule has 7 nitrogen and oxygen atoms in total. The third kappa shape index (κ3) is 4.77. The molecule has 0 amide bonds. The molecule has 5 rings (SSSR count). The third-order valence-corrected chi connectivity index (χ3v) is 6.73. The number of rotatable bonds is 5. The molecule has 2 atom stereocenters. The van der Waals surface area contributed by atoms with Crippen LogP contribution in [0.2, 0.25) is 0 Å². The van der Waals surface area contributed by atoms with E-state index in [0.29, 0.717) is 17.5 Å². The van der Waals surface area contributed by atoms with E-state index in [1.165, 1.54) is 5.69 Å². The molecule has 3 aromatic rings. The molecular formula is C26H31N7. The number of fused-ring (bicyclic) bond motifs is 1. The number of piperazine rings is 1. The molecule has 2 N–H and O–H groups in total. The summed E-state index contributed by atoms with van der Waals surface area (Å²) in [5, 5.41) is 17.7. The molecule has 2 unspecified atom stereocenters. The SMILES string of the molecule is CC1CC(NCc2ccc(N3CCNCC3)cn2)CN(c2ccc(C#N)c3ncccc23)C1. The molecule has 0 aliphatic carbocycles. The normalized spacial score (nSPS) is 21.2. The second-order valence-electron chi connectivity index (χ2n) is 9.21. The Morgan fingerprint density at radius 3 is 2.76 bits per heavy atom. The Morgan fingerprint density at radius 2 is 1.97 bits per heavy atom. The van der Waals surface area contributed by atoms with Crippen LogP contribution in [-0.4, -0.2) is 55.3 Å². The van der Waals surface area contributed by atoms with Crippen molar-refractivity contribution in [1.82, 2.24) is 20.6 Å². The number of nitrogens with zero attached hydrogens (tertiary/aromatic N) is 5. The molecule has 2 aliphatic rings. The first kappa shape index (κ1) is 21.6. The van der Waals surface area contributed by atoms with Gasteiger partial charge >= 0.3 is 0 Å². The average molecular weight is 442 g/mol. The number of benzene rings is 1. The van der Waals surface area contributed by atoms with Gasteiger partial charge in [0.05, 0.1) is 28.7 Å². The third-order valence-electron chi connectivity index (χ3n) is 6.73. The van der Waals surface area contributed by atoms with Crippen molar-refractivity contribution >= 4 is 22.3 Å². The molecule has 2 saturated heterocycles. The summed E-state index contributed by atoms with van der Waals surface area (Å²) >= 11 is 0. The first-order chi connectivity index (χ1) is 16.2. The smallest absolute Gasteiger partial charge is 0.101 e. The predicted molar refractivity (Wildman–Crippen MR) is 132 cm³/mol. The Bertz CT molecular complexity index is 1130. The number of hydrogen-bond donors (Lipinski definition) is 2. The van der Waals surface area contributed by atoms with Crippen molar-refractivity contribution in [3.63, 3.8) is 0 Å². The van der Waals surface area contributed by atoms with E-state index in [-0.39, 0.29) is 0 Å². The van der Waals surface area contributed by atoms with Gasteiger partial charge in [0.1, 0.15) is 6.07 Å². The topological polar surface area (TPSA) is 80.1 Å². The van der Waals surface area contributed by atoms with Crippen molar-refractivity contribution in [3.8, 4) is 6.07 Å². The van der Waals surface area contributed by atoms with Crippen LogP contribution < -0.4 is 20.4 Å². The predicted octanol–water partition coefficient (Wildman–Crippen LogP) is 2.92. The molecule has 7 heteroatoms. The Labute approximate surface area is 195 Å². The van der Waals surface area contributed by atoms with Gasteiger partial charge in [0, 0.05) is 69.1 Å². The lowest BCUT2D eigenvalue weighted by molar-refractivity contribution is 0.349. The molecule has 2 fully saturated rings. The highest BCUT2D eigenvalue weighted by molar-refractivity contribution is 5.95. The number of hydrogen-bond acceptors (Lipinski definition) is 7. The Morgan fingerprint density at radius 1 is 1.09 bits per heavy atom. The van der Waals surface area contributed by atoms with Crippen LogP contribution in [0.5, 0.6) is 0 Å². The van der Waals surface area contributed by atoms with E-state index in [4.69, 9.17) is 4.98 Å². The van der Waals surface area contributed by atoms with Gasteiger partial charge in [-0.25, -0.2) is 0 Å². The molecule has 33 heavy (non-hydrogen) atoms. The van der Waals surface area contributed by atoms with E-state index in [0.717, 1.165) is 74.5 Å². The van der Waals surface area contributed by atoms with Crippen molar-refractivity contribution in [2.75, 3.05) is 49.1 Å². The number of nitrogens with one attached hydrogen (secondary N) is 2. The highest BCUT2D eigenvalue weighted by Gasteiger charge is 2.26. The van der Waals surface area contributed by atoms with E-state index >= 15 is 0 Å². The zero-order chi connectivity index (χ0) is 22.6. The Balaban J connectivity index is 1.26. The standard InChI is InChI=1S/C26H31N7/c1-19-13-22(30-15-21-5-6-23(16-31-21)32-11-9-28-10-12-32)18-33(17-19)25-7-4-20(14-27)26-24(25)3-2-8-29-26/h2-8,16,19,22,28,30H,9-13,15,17-18H2,1H3. The van der Waals surface area contributed by atoms with Gasteiger partial charge < -0.3 is 20.4 Å². The van der Waals surface area contributed by atoms with Gasteiger partial charge in [-0.05, 0) is 48.7 Å². The molecule has 0 saturated carbocycles. The maximum Gasteiger partial charge on any atom is 0.101 e. The molecule has 2 aromatic heterocycles. The molecule has 170 valence electrons. The van der Waals surface area contributed by atoms with Crippen molar-refractivity contribution in [3.05, 3.63) is 60.0 Å². The highest BCUT2D eigenvalue weighted by atomic mass is 15.2. The fraction of sp³-hybridized carbons (Fsp3) is 0.423. The van der Waals surface area contributed by atoms with Crippen LogP contribution in [0.25, 0.3) is 10.9 Å². The van der Waals surface area contributed by atoms with E-state index < -0.39 is 0 Å². The van der Waals surface area contributed by atoms with Crippen LogP contribution in [0.1, 0.15) is 24.6 Å². The fourth-order valence-electron chi connectivity index (χ4n) is 5.10. The van der Waals surface area contributed by atoms with E-state index in [1.807, 2.05) is 18.3 Å². The minimum Gasteiger partial charge on any atom is -0.369 e. The van der Waals surface area contributed by atoms with Crippen molar-refractivity contribution < 1.29 is 0 Å². The lowest BCUT2D eigenvalue weighted by atomic mass is 9.94. The van der Waals surface area contributed by atoms with Gasteiger partial charge in [0.15, 0.2) is 0 Å². The maximum absolute atomic E-state index is 9.47. The highest BCUT2D eigenvalue weighted by Crippen LogP contribution is 2.31. The Hall–Kier alpha value is -3.21. The van der Waals surface area contributed by atoms with Gasteiger partial charge in [-0.1, -0.05) is 6.92 Å². The van der Waals surface area contributed by atoms with Gasteiger partial charge in [0.25, 0.3) is 0 Å². The van der Waals surface area contributed by atoms with Crippen molar-refractivity contribution in [1.29, 1.82) is 5.26 Å². The second kappa shape index (κ2) is 9.74. The van der Waals surface area contributed by atoms with E-state index in [9.17, 15) is 5.26 Å². The first-order valence-corrected chi connectivity index (χ1v) is 11.9. The summed E-state index contributed by atoms with van der Waals surface area (Å²) in [6, 6.07) is 15.0. The summed E-state index contributed by atoms with van der Waals surface area (Å²) in [5.41, 5.74) is 4.86. The zero-order valence-corrected chi connectivity index (χ0v) is 19.2. The fourth-order valence-corrected chi connectivity index (χ4v) is 5.10. The second-order valence-corrected chi connectivity index (χ2v) is 9.21. The summed E-state index contributed by atoms with van der Waals surface area (Å²) < 4.78 is 0. The minimum absolute atomic E-state index is 0.380. The molecule has 0 radical (unpaired) electrons. The van der Waals surface area contributed by atoms with E-state index in [1.54, 1.807) is 6.20 Å². The van der Waals surface area contributed by atoms with Crippen molar-refractivity contribution in [2.24, 2.45) is 5.92 Å². The summed E-state index contributed by atoms with van der Waals surface area (Å²) in [4.78, 5) is 14.0. The van der Waals surface area contributed by atoms with Crippen molar-refractivity contribution in [2.45, 2.75) is 25.9 Å². The summed E-state index contributed by atoms with van der Waals surface area (Å²) in [6.45, 7) is 9.15. The largest absolute Gasteiger partial charge is 0.369 e. The minimum atomic E-state index is 0.380. The van der Waals surface area contributed by atoms with Gasteiger partial charge in [0.2, 0.25) is 0 Å². The van der Waals surface area contributed by atoms with Crippen LogP contribution in [0.15, 0.2) is 48.8 Å². The van der Waals surface area contributed by atoms with Crippen LogP contribution in [-0.2, 0) is 6.54 Å². The summed E-state index contributed by atoms with van der Waals surface area (Å²) in [6.07, 6.45) is 4.91. The number of piperidine rings is 1. The van der Waals surface area contributed by atoms with Crippen LogP contribution in [0.4, 0.5) is 11.4 Å². The number of pyridine rings is 2. The molecule has 4 heterocycles. The number of nitriles is 1. The lowest BCUT2D eigenvalue weighted by Gasteiger charge is -2.39. The molecular weight excluding hydrogens is 410 g/mol. The summed E-state index contributed by atoms with van der Waals surface area (Å²) in [5.74, 6) is 0.571. The molecule has 0 spiro atoms. The quantitative estimate of drug-likeness (QED) is 0.630.